The molecule has 0 fully saturated rings. The summed E-state index contributed by atoms with van der Waals surface area (Å²) in [6.07, 6.45) is 25.3. The molecule has 1 N–H and O–H groups in total. The Bertz CT molecular complexity index is 368. The fourth-order valence-corrected chi connectivity index (χ4v) is 1.97. The number of carboxylic acid groups (broad SMARTS) is 1. The number of carbonyl (C=O) groups is 1. The van der Waals surface area contributed by atoms with Crippen molar-refractivity contribution < 1.29 is 9.90 Å². The number of hydrogen-bond acceptors (Lipinski definition) is 1. The zero-order valence-corrected chi connectivity index (χ0v) is 14.2. The second kappa shape index (κ2) is 17.8. The van der Waals surface area contributed by atoms with E-state index < -0.39 is 5.97 Å². The summed E-state index contributed by atoms with van der Waals surface area (Å²) in [6.45, 7) is 0. The van der Waals surface area contributed by atoms with E-state index in [2.05, 4.69) is 48.6 Å². The van der Waals surface area contributed by atoms with E-state index in [1.807, 2.05) is 0 Å². The predicted molar refractivity (Wildman–Crippen MR) is 96.5 cm³/mol. The highest BCUT2D eigenvalue weighted by molar-refractivity contribution is 6.17. The molecule has 0 aromatic heterocycles. The highest BCUT2D eigenvalue weighted by Crippen LogP contribution is 2.00. The number of halogens is 1. The van der Waals surface area contributed by atoms with Crippen LogP contribution in [-0.4, -0.2) is 17.0 Å². The van der Waals surface area contributed by atoms with Crippen LogP contribution in [0.4, 0.5) is 0 Å². The Morgan fingerprint density at radius 1 is 0.727 bits per heavy atom. The van der Waals surface area contributed by atoms with Crippen molar-refractivity contribution in [1.29, 1.82) is 0 Å². The van der Waals surface area contributed by atoms with Gasteiger partial charge in [-0.05, 0) is 51.4 Å². The first kappa shape index (κ1) is 20.7. The molecule has 0 aromatic rings. The Hall–Kier alpha value is -1.28. The van der Waals surface area contributed by atoms with Crippen molar-refractivity contribution in [3.8, 4) is 0 Å². The molecule has 0 atom stereocenters. The Morgan fingerprint density at radius 2 is 1.18 bits per heavy atom. The van der Waals surface area contributed by atoms with Crippen molar-refractivity contribution in [1.82, 2.24) is 0 Å². The third-order valence-electron chi connectivity index (χ3n) is 3.00. The van der Waals surface area contributed by atoms with Crippen LogP contribution in [0.1, 0.15) is 57.8 Å². The number of carboxylic acids is 1. The molecule has 0 saturated heterocycles. The van der Waals surface area contributed by atoms with E-state index in [4.69, 9.17) is 16.7 Å². The summed E-state index contributed by atoms with van der Waals surface area (Å²) in [4.78, 5) is 10.3. The lowest BCUT2D eigenvalue weighted by molar-refractivity contribution is -0.137. The lowest BCUT2D eigenvalue weighted by Gasteiger charge is -1.90. The molecule has 0 aliphatic carbocycles. The maximum absolute atomic E-state index is 10.3. The Labute approximate surface area is 140 Å². The summed E-state index contributed by atoms with van der Waals surface area (Å²) in [5.41, 5.74) is 0. The normalized spacial score (nSPS) is 12.4. The molecule has 0 bridgehead atoms. The van der Waals surface area contributed by atoms with Crippen molar-refractivity contribution in [2.75, 3.05) is 5.88 Å². The highest BCUT2D eigenvalue weighted by atomic mass is 35.5. The first-order valence-electron chi connectivity index (χ1n) is 8.15. The average molecular weight is 325 g/mol. The molecule has 0 aliphatic rings. The first-order valence-corrected chi connectivity index (χ1v) is 8.68. The molecular weight excluding hydrogens is 296 g/mol. The largest absolute Gasteiger partial charge is 0.481 e. The Kier molecular flexibility index (Phi) is 16.7. The number of rotatable bonds is 14. The summed E-state index contributed by atoms with van der Waals surface area (Å²) < 4.78 is 0. The summed E-state index contributed by atoms with van der Waals surface area (Å²) in [6, 6.07) is 0. The first-order chi connectivity index (χ1) is 10.8. The third kappa shape index (κ3) is 18.7. The van der Waals surface area contributed by atoms with Crippen molar-refractivity contribution in [2.24, 2.45) is 0 Å². The zero-order chi connectivity index (χ0) is 16.3. The number of hydrogen-bond donors (Lipinski definition) is 1. The maximum Gasteiger partial charge on any atom is 0.303 e. The van der Waals surface area contributed by atoms with Crippen LogP contribution in [-0.2, 0) is 4.79 Å². The minimum atomic E-state index is -0.717. The average Bonchev–Trinajstić information content (AvgIpc) is 2.50. The van der Waals surface area contributed by atoms with Crippen molar-refractivity contribution >= 4 is 17.6 Å². The second-order valence-electron chi connectivity index (χ2n) is 5.06. The number of alkyl halides is 1. The van der Waals surface area contributed by atoms with Gasteiger partial charge in [0.05, 0.1) is 0 Å². The Morgan fingerprint density at radius 3 is 1.64 bits per heavy atom. The molecule has 3 heteroatoms. The summed E-state index contributed by atoms with van der Waals surface area (Å²) in [5, 5.41) is 8.49. The van der Waals surface area contributed by atoms with E-state index in [-0.39, 0.29) is 6.42 Å². The highest BCUT2D eigenvalue weighted by Gasteiger charge is 1.92. The van der Waals surface area contributed by atoms with Crippen molar-refractivity contribution in [3.05, 3.63) is 48.6 Å². The van der Waals surface area contributed by atoms with Crippen molar-refractivity contribution in [2.45, 2.75) is 57.8 Å². The van der Waals surface area contributed by atoms with Crippen LogP contribution in [0.2, 0.25) is 0 Å². The number of allylic oxidation sites excluding steroid dienone is 8. The molecule has 2 nitrogen and oxygen atoms in total. The molecular formula is C19H29ClO2. The monoisotopic (exact) mass is 324 g/mol. The predicted octanol–water partition coefficient (Wildman–Crippen LogP) is 6.05. The van der Waals surface area contributed by atoms with Gasteiger partial charge in [-0.25, -0.2) is 0 Å². The molecule has 0 spiro atoms. The van der Waals surface area contributed by atoms with Gasteiger partial charge in [-0.15, -0.1) is 11.6 Å². The van der Waals surface area contributed by atoms with Gasteiger partial charge in [0.15, 0.2) is 0 Å². The van der Waals surface area contributed by atoms with E-state index in [9.17, 15) is 4.79 Å². The SMILES string of the molecule is O=C(O)CCC/C=C\C/C=C\C/C=C\C/C=C\CCCCCl. The van der Waals surface area contributed by atoms with E-state index in [1.165, 1.54) is 6.42 Å². The molecule has 0 radical (unpaired) electrons. The molecule has 124 valence electrons. The topological polar surface area (TPSA) is 37.3 Å². The third-order valence-corrected chi connectivity index (χ3v) is 3.27. The molecule has 22 heavy (non-hydrogen) atoms. The molecule has 0 aliphatic heterocycles. The Balaban J connectivity index is 3.40. The molecule has 0 aromatic carbocycles. The van der Waals surface area contributed by atoms with Gasteiger partial charge in [0.1, 0.15) is 0 Å². The van der Waals surface area contributed by atoms with Gasteiger partial charge >= 0.3 is 5.97 Å². The van der Waals surface area contributed by atoms with Gasteiger partial charge in [-0.1, -0.05) is 48.6 Å². The van der Waals surface area contributed by atoms with Crippen LogP contribution in [0.5, 0.6) is 0 Å². The van der Waals surface area contributed by atoms with E-state index in [1.54, 1.807) is 0 Å². The maximum atomic E-state index is 10.3. The second-order valence-corrected chi connectivity index (χ2v) is 5.44. The molecule has 0 heterocycles. The lowest BCUT2D eigenvalue weighted by atomic mass is 10.2. The summed E-state index contributed by atoms with van der Waals surface area (Å²) in [7, 11) is 0. The fourth-order valence-electron chi connectivity index (χ4n) is 1.78. The minimum absolute atomic E-state index is 0.256. The van der Waals surface area contributed by atoms with Crippen LogP contribution >= 0.6 is 11.6 Å². The van der Waals surface area contributed by atoms with Crippen LogP contribution in [0.15, 0.2) is 48.6 Å². The van der Waals surface area contributed by atoms with Crippen LogP contribution in [0.25, 0.3) is 0 Å². The van der Waals surface area contributed by atoms with Gasteiger partial charge in [-0.3, -0.25) is 4.79 Å². The van der Waals surface area contributed by atoms with Crippen LogP contribution in [0, 0.1) is 0 Å². The summed E-state index contributed by atoms with van der Waals surface area (Å²) in [5.74, 6) is 0.0441. The van der Waals surface area contributed by atoms with Crippen LogP contribution in [0.3, 0.4) is 0 Å². The molecule has 0 amide bonds. The number of aliphatic carboxylic acids is 1. The standard InChI is InChI=1S/C19H29ClO2/c20-18-16-14-12-10-8-6-4-2-1-3-5-7-9-11-13-15-17-19(21)22/h2-5,8-11H,1,6-7,12-18H2,(H,21,22)/b4-2-,5-3-,10-8-,11-9-. The molecule has 0 saturated carbocycles. The van der Waals surface area contributed by atoms with Gasteiger partial charge in [0.25, 0.3) is 0 Å². The smallest absolute Gasteiger partial charge is 0.303 e. The van der Waals surface area contributed by atoms with Crippen molar-refractivity contribution in [3.63, 3.8) is 0 Å². The van der Waals surface area contributed by atoms with Gasteiger partial charge in [-0.2, -0.15) is 0 Å². The van der Waals surface area contributed by atoms with E-state index in [0.29, 0.717) is 0 Å². The minimum Gasteiger partial charge on any atom is -0.481 e. The molecule has 0 unspecified atom stereocenters. The molecule has 0 rings (SSSR count). The van der Waals surface area contributed by atoms with E-state index >= 15 is 0 Å². The quantitative estimate of drug-likeness (QED) is 0.240. The lowest BCUT2D eigenvalue weighted by Crippen LogP contribution is -1.92. The van der Waals surface area contributed by atoms with E-state index in [0.717, 1.165) is 50.8 Å². The van der Waals surface area contributed by atoms with Gasteiger partial charge in [0.2, 0.25) is 0 Å². The van der Waals surface area contributed by atoms with Gasteiger partial charge < -0.3 is 5.11 Å². The summed E-state index contributed by atoms with van der Waals surface area (Å²) >= 11 is 5.61. The fraction of sp³-hybridized carbons (Fsp3) is 0.526. The van der Waals surface area contributed by atoms with Gasteiger partial charge in [0, 0.05) is 12.3 Å². The van der Waals surface area contributed by atoms with Crippen LogP contribution < -0.4 is 0 Å². The zero-order valence-electron chi connectivity index (χ0n) is 13.4. The number of unbranched alkanes of at least 4 members (excludes halogenated alkanes) is 3.